The zero-order valence-corrected chi connectivity index (χ0v) is 10.7. The molecular formula is C12H14ClFO3. The van der Waals surface area contributed by atoms with E-state index >= 15 is 0 Å². The van der Waals surface area contributed by atoms with Gasteiger partial charge in [0, 0.05) is 6.07 Å². The van der Waals surface area contributed by atoms with Crippen molar-refractivity contribution in [2.45, 2.75) is 26.4 Å². The summed E-state index contributed by atoms with van der Waals surface area (Å²) in [7, 11) is 0. The lowest BCUT2D eigenvalue weighted by atomic mass is 10.1. The number of halogens is 2. The molecule has 0 aliphatic heterocycles. The highest BCUT2D eigenvalue weighted by Crippen LogP contribution is 2.24. The van der Waals surface area contributed by atoms with Crippen molar-refractivity contribution in [3.63, 3.8) is 0 Å². The van der Waals surface area contributed by atoms with E-state index in [0.29, 0.717) is 0 Å². The standard InChI is InChI=1S/C12H14ClFO3/c1-4-16-11(15)12(2,3)17-8-5-6-9(13)10(14)7-8/h5-7H,4H2,1-3H3. The molecule has 0 atom stereocenters. The number of rotatable bonds is 4. The van der Waals surface area contributed by atoms with Gasteiger partial charge in [0.15, 0.2) is 5.60 Å². The molecule has 0 aliphatic carbocycles. The molecule has 1 rings (SSSR count). The molecule has 0 N–H and O–H groups in total. The Morgan fingerprint density at radius 2 is 2.12 bits per heavy atom. The Hall–Kier alpha value is -1.29. The molecule has 0 saturated carbocycles. The van der Waals surface area contributed by atoms with E-state index in [1.54, 1.807) is 20.8 Å². The van der Waals surface area contributed by atoms with Gasteiger partial charge in [-0.3, -0.25) is 0 Å². The van der Waals surface area contributed by atoms with Crippen LogP contribution >= 0.6 is 11.6 Å². The van der Waals surface area contributed by atoms with Crippen molar-refractivity contribution >= 4 is 17.6 Å². The van der Waals surface area contributed by atoms with Crippen molar-refractivity contribution < 1.29 is 18.7 Å². The van der Waals surface area contributed by atoms with Gasteiger partial charge in [0.05, 0.1) is 11.6 Å². The first-order valence-corrected chi connectivity index (χ1v) is 5.56. The monoisotopic (exact) mass is 260 g/mol. The minimum atomic E-state index is -1.17. The maximum Gasteiger partial charge on any atom is 0.349 e. The minimum absolute atomic E-state index is 0.00582. The van der Waals surface area contributed by atoms with Gasteiger partial charge in [-0.25, -0.2) is 9.18 Å². The maximum atomic E-state index is 13.2. The highest BCUT2D eigenvalue weighted by atomic mass is 35.5. The molecule has 0 aromatic heterocycles. The van der Waals surface area contributed by atoms with E-state index in [1.165, 1.54) is 12.1 Å². The van der Waals surface area contributed by atoms with Gasteiger partial charge in [0.1, 0.15) is 11.6 Å². The molecule has 1 aromatic carbocycles. The number of hydrogen-bond donors (Lipinski definition) is 0. The summed E-state index contributed by atoms with van der Waals surface area (Å²) in [5.74, 6) is -0.871. The summed E-state index contributed by atoms with van der Waals surface area (Å²) in [5.41, 5.74) is -1.17. The van der Waals surface area contributed by atoms with Crippen LogP contribution in [0.5, 0.6) is 5.75 Å². The molecule has 5 heteroatoms. The van der Waals surface area contributed by atoms with Crippen LogP contribution in [0.3, 0.4) is 0 Å². The zero-order valence-electron chi connectivity index (χ0n) is 9.92. The van der Waals surface area contributed by atoms with Crippen molar-refractivity contribution in [3.05, 3.63) is 29.0 Å². The summed E-state index contributed by atoms with van der Waals surface area (Å²) in [5, 5.41) is 0.00582. The Kier molecular flexibility index (Phi) is 4.34. The highest BCUT2D eigenvalue weighted by molar-refractivity contribution is 6.30. The Bertz CT molecular complexity index is 418. The number of carbonyl (C=O) groups excluding carboxylic acids is 1. The van der Waals surface area contributed by atoms with Gasteiger partial charge < -0.3 is 9.47 Å². The third-order valence-electron chi connectivity index (χ3n) is 2.03. The van der Waals surface area contributed by atoms with Crippen LogP contribution in [0.1, 0.15) is 20.8 Å². The Labute approximate surface area is 104 Å². The van der Waals surface area contributed by atoms with Gasteiger partial charge in [-0.05, 0) is 32.9 Å². The smallest absolute Gasteiger partial charge is 0.349 e. The lowest BCUT2D eigenvalue weighted by molar-refractivity contribution is -0.158. The van der Waals surface area contributed by atoms with E-state index in [1.807, 2.05) is 0 Å². The Morgan fingerprint density at radius 3 is 2.65 bits per heavy atom. The summed E-state index contributed by atoms with van der Waals surface area (Å²) < 4.78 is 23.4. The second kappa shape index (κ2) is 5.36. The van der Waals surface area contributed by atoms with E-state index in [0.717, 1.165) is 6.07 Å². The lowest BCUT2D eigenvalue weighted by Gasteiger charge is -2.24. The summed E-state index contributed by atoms with van der Waals surface area (Å²) in [6.45, 7) is 5.07. The molecule has 0 amide bonds. The van der Waals surface area contributed by atoms with E-state index in [4.69, 9.17) is 21.1 Å². The van der Waals surface area contributed by atoms with Crippen LogP contribution in [-0.2, 0) is 9.53 Å². The van der Waals surface area contributed by atoms with E-state index in [-0.39, 0.29) is 17.4 Å². The molecule has 0 spiro atoms. The van der Waals surface area contributed by atoms with Crippen molar-refractivity contribution in [2.24, 2.45) is 0 Å². The molecule has 1 aromatic rings. The first-order chi connectivity index (χ1) is 7.86. The quantitative estimate of drug-likeness (QED) is 0.780. The largest absolute Gasteiger partial charge is 0.476 e. The van der Waals surface area contributed by atoms with Crippen LogP contribution in [0.25, 0.3) is 0 Å². The normalized spacial score (nSPS) is 11.1. The molecule has 94 valence electrons. The second-order valence-corrected chi connectivity index (χ2v) is 4.32. The summed E-state index contributed by atoms with van der Waals surface area (Å²) in [4.78, 5) is 11.6. The van der Waals surface area contributed by atoms with Crippen LogP contribution in [0, 0.1) is 5.82 Å². The predicted molar refractivity (Wildman–Crippen MR) is 62.8 cm³/mol. The van der Waals surface area contributed by atoms with Gasteiger partial charge in [-0.1, -0.05) is 11.6 Å². The van der Waals surface area contributed by atoms with Crippen LogP contribution in [0.4, 0.5) is 4.39 Å². The molecule has 0 unspecified atom stereocenters. The number of benzene rings is 1. The first kappa shape index (κ1) is 13.8. The van der Waals surface area contributed by atoms with Crippen LogP contribution in [0.2, 0.25) is 5.02 Å². The Balaban J connectivity index is 2.82. The van der Waals surface area contributed by atoms with Gasteiger partial charge in [-0.2, -0.15) is 0 Å². The van der Waals surface area contributed by atoms with E-state index in [2.05, 4.69) is 0 Å². The third kappa shape index (κ3) is 3.60. The summed E-state index contributed by atoms with van der Waals surface area (Å²) >= 11 is 5.54. The molecule has 0 saturated heterocycles. The van der Waals surface area contributed by atoms with Crippen molar-refractivity contribution in [3.8, 4) is 5.75 Å². The fraction of sp³-hybridized carbons (Fsp3) is 0.417. The average molecular weight is 261 g/mol. The Morgan fingerprint density at radius 1 is 1.47 bits per heavy atom. The minimum Gasteiger partial charge on any atom is -0.476 e. The van der Waals surface area contributed by atoms with E-state index < -0.39 is 17.4 Å². The first-order valence-electron chi connectivity index (χ1n) is 5.18. The summed E-state index contributed by atoms with van der Waals surface area (Å²) in [6.07, 6.45) is 0. The van der Waals surface area contributed by atoms with Crippen LogP contribution in [0.15, 0.2) is 18.2 Å². The number of esters is 1. The van der Waals surface area contributed by atoms with Gasteiger partial charge >= 0.3 is 5.97 Å². The fourth-order valence-electron chi connectivity index (χ4n) is 1.18. The number of hydrogen-bond acceptors (Lipinski definition) is 3. The number of carbonyl (C=O) groups is 1. The molecule has 0 bridgehead atoms. The molecular weight excluding hydrogens is 247 g/mol. The van der Waals surface area contributed by atoms with Gasteiger partial charge in [0.2, 0.25) is 0 Å². The number of ether oxygens (including phenoxy) is 2. The molecule has 0 heterocycles. The van der Waals surface area contributed by atoms with Gasteiger partial charge in [0.25, 0.3) is 0 Å². The SMILES string of the molecule is CCOC(=O)C(C)(C)Oc1ccc(Cl)c(F)c1. The third-order valence-corrected chi connectivity index (χ3v) is 2.34. The maximum absolute atomic E-state index is 13.2. The fourth-order valence-corrected chi connectivity index (χ4v) is 1.30. The van der Waals surface area contributed by atoms with Crippen molar-refractivity contribution in [2.75, 3.05) is 6.61 Å². The molecule has 0 radical (unpaired) electrons. The molecule has 17 heavy (non-hydrogen) atoms. The highest BCUT2D eigenvalue weighted by Gasteiger charge is 2.31. The van der Waals surface area contributed by atoms with Crippen molar-refractivity contribution in [1.82, 2.24) is 0 Å². The molecule has 0 fully saturated rings. The molecule has 0 aliphatic rings. The lowest BCUT2D eigenvalue weighted by Crippen LogP contribution is -2.39. The van der Waals surface area contributed by atoms with Crippen LogP contribution in [-0.4, -0.2) is 18.2 Å². The van der Waals surface area contributed by atoms with E-state index in [9.17, 15) is 9.18 Å². The topological polar surface area (TPSA) is 35.5 Å². The second-order valence-electron chi connectivity index (χ2n) is 3.91. The zero-order chi connectivity index (χ0) is 13.1. The van der Waals surface area contributed by atoms with Crippen molar-refractivity contribution in [1.29, 1.82) is 0 Å². The molecule has 3 nitrogen and oxygen atoms in total. The summed E-state index contributed by atoms with van der Waals surface area (Å²) in [6, 6.07) is 3.99. The predicted octanol–water partition coefficient (Wildman–Crippen LogP) is 3.20. The van der Waals surface area contributed by atoms with Crippen LogP contribution < -0.4 is 4.74 Å². The average Bonchev–Trinajstić information content (AvgIpc) is 2.23. The van der Waals surface area contributed by atoms with Gasteiger partial charge in [-0.15, -0.1) is 0 Å².